The quantitative estimate of drug-likeness (QED) is 0.791. The van der Waals surface area contributed by atoms with Gasteiger partial charge in [0.15, 0.2) is 0 Å². The number of hydrogen-bond acceptors (Lipinski definition) is 2. The molecule has 0 spiro atoms. The highest BCUT2D eigenvalue weighted by Crippen LogP contribution is 2.28. The van der Waals surface area contributed by atoms with E-state index < -0.39 is 0 Å². The molecular weight excluding hydrogens is 216 g/mol. The van der Waals surface area contributed by atoms with Crippen LogP contribution in [0.5, 0.6) is 5.75 Å². The van der Waals surface area contributed by atoms with Crippen LogP contribution in [0, 0.1) is 0 Å². The Balaban J connectivity index is 2.54. The summed E-state index contributed by atoms with van der Waals surface area (Å²) < 4.78 is 5.43. The lowest BCUT2D eigenvalue weighted by Gasteiger charge is -2.11. The Morgan fingerprint density at radius 3 is 2.69 bits per heavy atom. The van der Waals surface area contributed by atoms with Crippen LogP contribution in [0.1, 0.15) is 12.0 Å². The Kier molecular flexibility index (Phi) is 3.73. The van der Waals surface area contributed by atoms with Gasteiger partial charge in [0.05, 0.1) is 7.11 Å². The van der Waals surface area contributed by atoms with Gasteiger partial charge in [0.2, 0.25) is 0 Å². The third-order valence-corrected chi connectivity index (χ3v) is 3.12. The van der Waals surface area contributed by atoms with Crippen LogP contribution in [-0.4, -0.2) is 12.9 Å². The Morgan fingerprint density at radius 2 is 1.94 bits per heavy atom. The Labute approximate surface area is 102 Å². The van der Waals surface area contributed by atoms with E-state index >= 15 is 0 Å². The minimum absolute atomic E-state index is 0.909. The fourth-order valence-corrected chi connectivity index (χ4v) is 2.18. The molecule has 0 aliphatic carbocycles. The smallest absolute Gasteiger partial charge is 0.122 e. The second-order valence-electron chi connectivity index (χ2n) is 3.79. The number of rotatable bonds is 4. The normalized spacial score (nSPS) is 10.6. The number of fused-ring (bicyclic) bond motifs is 1. The van der Waals surface area contributed by atoms with Crippen LogP contribution in [0.2, 0.25) is 0 Å². The van der Waals surface area contributed by atoms with Gasteiger partial charge in [-0.2, -0.15) is 12.6 Å². The molecule has 0 aromatic heterocycles. The Hall–Kier alpha value is -1.15. The number of aryl methyl sites for hydroxylation is 1. The SMILES string of the molecule is COc1ccc2ccccc2c1CCCS. The number of benzene rings is 2. The third kappa shape index (κ3) is 2.17. The summed E-state index contributed by atoms with van der Waals surface area (Å²) in [5, 5.41) is 2.57. The van der Waals surface area contributed by atoms with Crippen molar-refractivity contribution in [3.05, 3.63) is 42.0 Å². The molecule has 2 aromatic rings. The van der Waals surface area contributed by atoms with E-state index in [4.69, 9.17) is 4.74 Å². The minimum Gasteiger partial charge on any atom is -0.496 e. The van der Waals surface area contributed by atoms with Gasteiger partial charge in [0, 0.05) is 5.56 Å². The second-order valence-corrected chi connectivity index (χ2v) is 4.24. The van der Waals surface area contributed by atoms with Crippen molar-refractivity contribution in [3.8, 4) is 5.75 Å². The molecule has 0 saturated heterocycles. The highest BCUT2D eigenvalue weighted by atomic mass is 32.1. The van der Waals surface area contributed by atoms with E-state index in [-0.39, 0.29) is 0 Å². The fourth-order valence-electron chi connectivity index (χ4n) is 2.02. The molecule has 0 radical (unpaired) electrons. The summed E-state index contributed by atoms with van der Waals surface area (Å²) in [4.78, 5) is 0. The van der Waals surface area contributed by atoms with E-state index in [9.17, 15) is 0 Å². The van der Waals surface area contributed by atoms with E-state index in [0.29, 0.717) is 0 Å². The topological polar surface area (TPSA) is 9.23 Å². The van der Waals surface area contributed by atoms with Gasteiger partial charge < -0.3 is 4.74 Å². The molecule has 1 nitrogen and oxygen atoms in total. The first kappa shape index (κ1) is 11.3. The molecule has 0 heterocycles. The standard InChI is InChI=1S/C14H16OS/c1-15-14-9-8-11-5-2-3-6-12(11)13(14)7-4-10-16/h2-3,5-6,8-9,16H,4,7,10H2,1H3. The van der Waals surface area contributed by atoms with Crippen molar-refractivity contribution in [1.82, 2.24) is 0 Å². The molecule has 0 aliphatic heterocycles. The van der Waals surface area contributed by atoms with E-state index in [0.717, 1.165) is 24.3 Å². The number of hydrogen-bond donors (Lipinski definition) is 1. The molecule has 2 heteroatoms. The summed E-state index contributed by atoms with van der Waals surface area (Å²) in [6.45, 7) is 0. The maximum Gasteiger partial charge on any atom is 0.122 e. The average Bonchev–Trinajstić information content (AvgIpc) is 2.35. The average molecular weight is 232 g/mol. The summed E-state index contributed by atoms with van der Waals surface area (Å²) in [6.07, 6.45) is 2.10. The predicted molar refractivity (Wildman–Crippen MR) is 72.7 cm³/mol. The minimum atomic E-state index is 0.909. The van der Waals surface area contributed by atoms with E-state index in [2.05, 4.69) is 49.0 Å². The fraction of sp³-hybridized carbons (Fsp3) is 0.286. The van der Waals surface area contributed by atoms with Crippen LogP contribution in [0.15, 0.2) is 36.4 Å². The zero-order chi connectivity index (χ0) is 11.4. The number of methoxy groups -OCH3 is 1. The molecule has 0 N–H and O–H groups in total. The van der Waals surface area contributed by atoms with Crippen LogP contribution >= 0.6 is 12.6 Å². The van der Waals surface area contributed by atoms with Gasteiger partial charge in [-0.25, -0.2) is 0 Å². The van der Waals surface area contributed by atoms with E-state index in [1.54, 1.807) is 7.11 Å². The molecule has 0 fully saturated rings. The van der Waals surface area contributed by atoms with Gasteiger partial charge in [-0.05, 0) is 35.4 Å². The Morgan fingerprint density at radius 1 is 1.12 bits per heavy atom. The highest BCUT2D eigenvalue weighted by Gasteiger charge is 2.06. The molecule has 2 aromatic carbocycles. The van der Waals surface area contributed by atoms with Crippen LogP contribution in [-0.2, 0) is 6.42 Å². The molecule has 84 valence electrons. The van der Waals surface area contributed by atoms with Gasteiger partial charge >= 0.3 is 0 Å². The maximum atomic E-state index is 5.43. The first-order valence-electron chi connectivity index (χ1n) is 5.52. The van der Waals surface area contributed by atoms with Crippen molar-refractivity contribution in [1.29, 1.82) is 0 Å². The van der Waals surface area contributed by atoms with Crippen LogP contribution in [0.3, 0.4) is 0 Å². The summed E-state index contributed by atoms with van der Waals surface area (Å²) >= 11 is 4.27. The summed E-state index contributed by atoms with van der Waals surface area (Å²) in [6, 6.07) is 12.6. The lowest BCUT2D eigenvalue weighted by Crippen LogP contribution is -1.94. The van der Waals surface area contributed by atoms with Crippen molar-refractivity contribution in [2.45, 2.75) is 12.8 Å². The van der Waals surface area contributed by atoms with Crippen LogP contribution < -0.4 is 4.74 Å². The van der Waals surface area contributed by atoms with Crippen molar-refractivity contribution in [2.75, 3.05) is 12.9 Å². The number of thiol groups is 1. The number of ether oxygens (including phenoxy) is 1. The zero-order valence-corrected chi connectivity index (χ0v) is 10.3. The molecule has 16 heavy (non-hydrogen) atoms. The van der Waals surface area contributed by atoms with Crippen molar-refractivity contribution in [3.63, 3.8) is 0 Å². The molecule has 0 bridgehead atoms. The first-order valence-corrected chi connectivity index (χ1v) is 6.15. The lowest BCUT2D eigenvalue weighted by molar-refractivity contribution is 0.410. The van der Waals surface area contributed by atoms with E-state index in [1.165, 1.54) is 16.3 Å². The van der Waals surface area contributed by atoms with E-state index in [1.807, 2.05) is 0 Å². The molecule has 0 aliphatic rings. The molecule has 0 unspecified atom stereocenters. The summed E-state index contributed by atoms with van der Waals surface area (Å²) in [5.74, 6) is 1.90. The zero-order valence-electron chi connectivity index (χ0n) is 9.44. The van der Waals surface area contributed by atoms with Gasteiger partial charge in [-0.15, -0.1) is 0 Å². The Bertz CT molecular complexity index is 479. The molecule has 0 saturated carbocycles. The van der Waals surface area contributed by atoms with Gasteiger partial charge in [0.25, 0.3) is 0 Å². The monoisotopic (exact) mass is 232 g/mol. The highest BCUT2D eigenvalue weighted by molar-refractivity contribution is 7.80. The van der Waals surface area contributed by atoms with Crippen LogP contribution in [0.25, 0.3) is 10.8 Å². The van der Waals surface area contributed by atoms with Gasteiger partial charge in [-0.3, -0.25) is 0 Å². The maximum absolute atomic E-state index is 5.43. The second kappa shape index (κ2) is 5.26. The first-order chi connectivity index (χ1) is 7.86. The summed E-state index contributed by atoms with van der Waals surface area (Å²) in [7, 11) is 1.73. The summed E-state index contributed by atoms with van der Waals surface area (Å²) in [5.41, 5.74) is 1.30. The molecule has 0 amide bonds. The third-order valence-electron chi connectivity index (χ3n) is 2.80. The molecule has 2 rings (SSSR count). The van der Waals surface area contributed by atoms with Crippen molar-refractivity contribution < 1.29 is 4.74 Å². The largest absolute Gasteiger partial charge is 0.496 e. The molecule has 0 atom stereocenters. The molecular formula is C14H16OS. The van der Waals surface area contributed by atoms with Crippen molar-refractivity contribution >= 4 is 23.4 Å². The lowest BCUT2D eigenvalue weighted by atomic mass is 10.00. The van der Waals surface area contributed by atoms with Gasteiger partial charge in [-0.1, -0.05) is 30.3 Å². The van der Waals surface area contributed by atoms with Crippen molar-refractivity contribution in [2.24, 2.45) is 0 Å². The van der Waals surface area contributed by atoms with Gasteiger partial charge in [0.1, 0.15) is 5.75 Å². The van der Waals surface area contributed by atoms with Crippen LogP contribution in [0.4, 0.5) is 0 Å². The predicted octanol–water partition coefficient (Wildman–Crippen LogP) is 3.71.